The number of alkyl halides is 2. The third-order valence-corrected chi connectivity index (χ3v) is 3.33. The molecule has 2 rings (SSSR count). The molecule has 0 bridgehead atoms. The number of benzene rings is 1. The maximum absolute atomic E-state index is 12.1. The van der Waals surface area contributed by atoms with Gasteiger partial charge in [0.2, 0.25) is 0 Å². The van der Waals surface area contributed by atoms with Crippen molar-refractivity contribution in [1.82, 2.24) is 4.98 Å². The molecule has 0 radical (unpaired) electrons. The highest BCUT2D eigenvalue weighted by atomic mass is 32.1. The zero-order valence-corrected chi connectivity index (χ0v) is 10.9. The Hall–Kier alpha value is -1.82. The molecule has 0 saturated carbocycles. The molecule has 1 heterocycles. The summed E-state index contributed by atoms with van der Waals surface area (Å²) in [6.07, 6.45) is 0.163. The normalized spacial score (nSPS) is 10.7. The number of ether oxygens (including phenoxy) is 1. The fourth-order valence-corrected chi connectivity index (χ4v) is 2.34. The predicted octanol–water partition coefficient (Wildman–Crippen LogP) is 3.48. The molecule has 19 heavy (non-hydrogen) atoms. The molecule has 0 atom stereocenters. The van der Waals surface area contributed by atoms with Crippen molar-refractivity contribution in [1.29, 1.82) is 0 Å². The van der Waals surface area contributed by atoms with Gasteiger partial charge in [-0.1, -0.05) is 12.1 Å². The molecule has 0 spiro atoms. The highest BCUT2D eigenvalue weighted by molar-refractivity contribution is 7.09. The predicted molar refractivity (Wildman–Crippen MR) is 68.0 cm³/mol. The molecule has 0 aliphatic rings. The number of nitrogens with zero attached hydrogens (tertiary/aromatic N) is 1. The number of aromatic nitrogens is 1. The molecule has 0 unspecified atom stereocenters. The Morgan fingerprint density at radius 2 is 2.26 bits per heavy atom. The van der Waals surface area contributed by atoms with Gasteiger partial charge in [0.25, 0.3) is 0 Å². The van der Waals surface area contributed by atoms with Crippen LogP contribution in [0.5, 0.6) is 5.75 Å². The van der Waals surface area contributed by atoms with Crippen molar-refractivity contribution < 1.29 is 18.3 Å². The Kier molecular flexibility index (Phi) is 4.21. The summed E-state index contributed by atoms with van der Waals surface area (Å²) in [5, 5.41) is 2.57. The van der Waals surface area contributed by atoms with Gasteiger partial charge in [-0.15, -0.1) is 11.3 Å². The van der Waals surface area contributed by atoms with Crippen LogP contribution in [0.1, 0.15) is 21.1 Å². The standard InChI is InChI=1S/C13H11F2NO2S/c1-8-7-19-12(16-8)6-11(17)9-3-2-4-10(5-9)18-13(14)15/h2-5,7,13H,6H2,1H3. The van der Waals surface area contributed by atoms with Crippen LogP contribution < -0.4 is 4.74 Å². The fourth-order valence-electron chi connectivity index (χ4n) is 1.57. The molecule has 0 amide bonds. The van der Waals surface area contributed by atoms with E-state index in [1.807, 2.05) is 12.3 Å². The lowest BCUT2D eigenvalue weighted by Crippen LogP contribution is -2.06. The van der Waals surface area contributed by atoms with Gasteiger partial charge in [-0.05, 0) is 19.1 Å². The number of halogens is 2. The third-order valence-electron chi connectivity index (χ3n) is 2.36. The zero-order chi connectivity index (χ0) is 13.8. The Morgan fingerprint density at radius 1 is 1.47 bits per heavy atom. The van der Waals surface area contributed by atoms with Crippen molar-refractivity contribution in [2.45, 2.75) is 20.0 Å². The van der Waals surface area contributed by atoms with E-state index in [1.54, 1.807) is 6.07 Å². The molecule has 1 aromatic carbocycles. The van der Waals surface area contributed by atoms with Gasteiger partial charge in [-0.2, -0.15) is 8.78 Å². The van der Waals surface area contributed by atoms with E-state index in [2.05, 4.69) is 9.72 Å². The minimum atomic E-state index is -2.90. The SMILES string of the molecule is Cc1csc(CC(=O)c2cccc(OC(F)F)c2)n1. The van der Waals surface area contributed by atoms with Crippen LogP contribution in [0, 0.1) is 6.92 Å². The summed E-state index contributed by atoms with van der Waals surface area (Å²) in [5.74, 6) is -0.190. The number of ketones is 1. The summed E-state index contributed by atoms with van der Waals surface area (Å²) in [6, 6.07) is 5.78. The molecule has 0 aliphatic carbocycles. The number of aryl methyl sites for hydroxylation is 1. The van der Waals surface area contributed by atoms with Crippen molar-refractivity contribution in [3.8, 4) is 5.75 Å². The topological polar surface area (TPSA) is 39.2 Å². The first kappa shape index (κ1) is 13.6. The fraction of sp³-hybridized carbons (Fsp3) is 0.231. The molecule has 2 aromatic rings. The molecule has 6 heteroatoms. The monoisotopic (exact) mass is 283 g/mol. The van der Waals surface area contributed by atoms with E-state index in [0.29, 0.717) is 10.6 Å². The molecule has 0 saturated heterocycles. The van der Waals surface area contributed by atoms with Crippen LogP contribution in [-0.4, -0.2) is 17.4 Å². The second kappa shape index (κ2) is 5.88. The van der Waals surface area contributed by atoms with E-state index in [0.717, 1.165) is 5.69 Å². The number of hydrogen-bond donors (Lipinski definition) is 0. The second-order valence-electron chi connectivity index (χ2n) is 3.89. The van der Waals surface area contributed by atoms with Gasteiger partial charge in [0.1, 0.15) is 10.8 Å². The van der Waals surface area contributed by atoms with E-state index in [1.165, 1.54) is 29.5 Å². The van der Waals surface area contributed by atoms with Crippen LogP contribution in [0.2, 0.25) is 0 Å². The lowest BCUT2D eigenvalue weighted by Gasteiger charge is -2.05. The number of hydrogen-bond acceptors (Lipinski definition) is 4. The van der Waals surface area contributed by atoms with Gasteiger partial charge in [-0.25, -0.2) is 4.98 Å². The maximum atomic E-state index is 12.1. The number of rotatable bonds is 5. The van der Waals surface area contributed by atoms with Crippen molar-refractivity contribution in [3.05, 3.63) is 45.9 Å². The van der Waals surface area contributed by atoms with Crippen LogP contribution in [0.15, 0.2) is 29.6 Å². The Bertz CT molecular complexity index is 584. The van der Waals surface area contributed by atoms with Gasteiger partial charge >= 0.3 is 6.61 Å². The highest BCUT2D eigenvalue weighted by Gasteiger charge is 2.12. The lowest BCUT2D eigenvalue weighted by molar-refractivity contribution is -0.0498. The number of Topliss-reactive ketones (excluding diaryl/α,β-unsaturated/α-hetero) is 1. The summed E-state index contributed by atoms with van der Waals surface area (Å²) >= 11 is 1.40. The average Bonchev–Trinajstić information content (AvgIpc) is 2.74. The molecule has 100 valence electrons. The van der Waals surface area contributed by atoms with Gasteiger partial charge in [0, 0.05) is 16.6 Å². The third kappa shape index (κ3) is 3.82. The van der Waals surface area contributed by atoms with E-state index in [-0.39, 0.29) is 18.0 Å². The molecule has 0 fully saturated rings. The summed E-state index contributed by atoms with van der Waals surface area (Å²) in [6.45, 7) is -1.05. The smallest absolute Gasteiger partial charge is 0.387 e. The van der Waals surface area contributed by atoms with Crippen LogP contribution in [0.3, 0.4) is 0 Å². The first-order valence-electron chi connectivity index (χ1n) is 5.53. The Labute approximate surface area is 112 Å². The van der Waals surface area contributed by atoms with E-state index in [9.17, 15) is 13.6 Å². The number of thiazole rings is 1. The average molecular weight is 283 g/mol. The van der Waals surface area contributed by atoms with E-state index >= 15 is 0 Å². The molecular weight excluding hydrogens is 272 g/mol. The summed E-state index contributed by atoms with van der Waals surface area (Å²) in [5.41, 5.74) is 1.20. The zero-order valence-electron chi connectivity index (χ0n) is 10.1. The quantitative estimate of drug-likeness (QED) is 0.789. The minimum Gasteiger partial charge on any atom is -0.435 e. The summed E-state index contributed by atoms with van der Waals surface area (Å²) < 4.78 is 28.4. The number of carbonyl (C=O) groups is 1. The van der Waals surface area contributed by atoms with Crippen molar-refractivity contribution >= 4 is 17.1 Å². The number of carbonyl (C=O) groups excluding carboxylic acids is 1. The van der Waals surface area contributed by atoms with Gasteiger partial charge in [0.15, 0.2) is 5.78 Å². The minimum absolute atomic E-state index is 0.0174. The van der Waals surface area contributed by atoms with E-state index < -0.39 is 6.61 Å². The highest BCUT2D eigenvalue weighted by Crippen LogP contribution is 2.18. The van der Waals surface area contributed by atoms with Crippen molar-refractivity contribution in [2.75, 3.05) is 0 Å². The first-order chi connectivity index (χ1) is 9.04. The van der Waals surface area contributed by atoms with Crippen molar-refractivity contribution in [2.24, 2.45) is 0 Å². The van der Waals surface area contributed by atoms with Gasteiger partial charge in [0.05, 0.1) is 6.42 Å². The van der Waals surface area contributed by atoms with Crippen LogP contribution >= 0.6 is 11.3 Å². The van der Waals surface area contributed by atoms with Crippen LogP contribution in [0.25, 0.3) is 0 Å². The first-order valence-corrected chi connectivity index (χ1v) is 6.41. The summed E-state index contributed by atoms with van der Waals surface area (Å²) in [4.78, 5) is 16.2. The Balaban J connectivity index is 2.10. The second-order valence-corrected chi connectivity index (χ2v) is 4.83. The lowest BCUT2D eigenvalue weighted by atomic mass is 10.1. The van der Waals surface area contributed by atoms with E-state index in [4.69, 9.17) is 0 Å². The molecule has 3 nitrogen and oxygen atoms in total. The largest absolute Gasteiger partial charge is 0.435 e. The molecule has 0 N–H and O–H groups in total. The van der Waals surface area contributed by atoms with Crippen LogP contribution in [-0.2, 0) is 6.42 Å². The van der Waals surface area contributed by atoms with Gasteiger partial charge in [-0.3, -0.25) is 4.79 Å². The van der Waals surface area contributed by atoms with Gasteiger partial charge < -0.3 is 4.74 Å². The molecular formula is C13H11F2NO2S. The Morgan fingerprint density at radius 3 is 2.89 bits per heavy atom. The maximum Gasteiger partial charge on any atom is 0.387 e. The van der Waals surface area contributed by atoms with Crippen molar-refractivity contribution in [3.63, 3.8) is 0 Å². The van der Waals surface area contributed by atoms with Crippen LogP contribution in [0.4, 0.5) is 8.78 Å². The molecule has 0 aliphatic heterocycles. The summed E-state index contributed by atoms with van der Waals surface area (Å²) in [7, 11) is 0. The molecule has 1 aromatic heterocycles.